The number of nitrogens with zero attached hydrogens (tertiary/aromatic N) is 1. The van der Waals surface area contributed by atoms with Crippen molar-refractivity contribution in [3.8, 4) is 0 Å². The van der Waals surface area contributed by atoms with Crippen LogP contribution in [0, 0.1) is 5.92 Å². The number of benzene rings is 2. The first-order valence-corrected chi connectivity index (χ1v) is 8.31. The van der Waals surface area contributed by atoms with Crippen LogP contribution in [0.3, 0.4) is 0 Å². The van der Waals surface area contributed by atoms with E-state index in [2.05, 4.69) is 5.32 Å². The molecule has 1 N–H and O–H groups in total. The second-order valence-electron chi connectivity index (χ2n) is 6.21. The van der Waals surface area contributed by atoms with Gasteiger partial charge in [-0.1, -0.05) is 36.4 Å². The Kier molecular flexibility index (Phi) is 3.98. The van der Waals surface area contributed by atoms with Crippen molar-refractivity contribution < 1.29 is 14.0 Å². The van der Waals surface area contributed by atoms with Crippen LogP contribution in [0.25, 0.3) is 11.0 Å². The van der Waals surface area contributed by atoms with Crippen molar-refractivity contribution >= 4 is 28.5 Å². The maximum absolute atomic E-state index is 12.4. The molecule has 0 spiro atoms. The summed E-state index contributed by atoms with van der Waals surface area (Å²) in [5.74, 6) is 0.234. The minimum atomic E-state index is -0.336. The Morgan fingerprint density at radius 1 is 1.12 bits per heavy atom. The number of furan rings is 1. The normalized spacial score (nSPS) is 17.2. The molecule has 25 heavy (non-hydrogen) atoms. The zero-order chi connectivity index (χ0) is 17.2. The summed E-state index contributed by atoms with van der Waals surface area (Å²) in [7, 11) is 0. The number of anilines is 1. The van der Waals surface area contributed by atoms with E-state index >= 15 is 0 Å². The second-order valence-corrected chi connectivity index (χ2v) is 6.21. The monoisotopic (exact) mass is 334 g/mol. The summed E-state index contributed by atoms with van der Waals surface area (Å²) < 4.78 is 5.70. The van der Waals surface area contributed by atoms with Crippen LogP contribution in [0.15, 0.2) is 65.1 Å². The molecular weight excluding hydrogens is 316 g/mol. The van der Waals surface area contributed by atoms with Crippen molar-refractivity contribution in [1.82, 2.24) is 5.32 Å². The molecule has 2 aromatic carbocycles. The number of hydrogen-bond acceptors (Lipinski definition) is 3. The van der Waals surface area contributed by atoms with Crippen molar-refractivity contribution in [2.45, 2.75) is 13.0 Å². The molecule has 1 aromatic heterocycles. The van der Waals surface area contributed by atoms with E-state index in [0.717, 1.165) is 16.7 Å². The maximum Gasteiger partial charge on any atom is 0.227 e. The van der Waals surface area contributed by atoms with Gasteiger partial charge in [0.1, 0.15) is 11.3 Å². The predicted octanol–water partition coefficient (Wildman–Crippen LogP) is 3.10. The van der Waals surface area contributed by atoms with Crippen molar-refractivity contribution in [2.75, 3.05) is 11.4 Å². The number of carbonyl (C=O) groups excluding carboxylic acids is 2. The third kappa shape index (κ3) is 3.13. The molecule has 1 aliphatic heterocycles. The number of carbonyl (C=O) groups is 2. The molecule has 1 aliphatic rings. The quantitative estimate of drug-likeness (QED) is 0.797. The van der Waals surface area contributed by atoms with Crippen LogP contribution >= 0.6 is 0 Å². The molecule has 5 heteroatoms. The molecule has 1 atom stereocenters. The molecule has 2 heterocycles. The smallest absolute Gasteiger partial charge is 0.227 e. The van der Waals surface area contributed by atoms with Crippen LogP contribution in [-0.2, 0) is 16.1 Å². The van der Waals surface area contributed by atoms with Crippen molar-refractivity contribution in [1.29, 1.82) is 0 Å². The standard InChI is InChI=1S/C20H18N2O3/c23-19-11-15(13-22(19)16-7-2-1-3-8-16)20(24)21-12-17-10-14-6-4-5-9-18(14)25-17/h1-10,15H,11-13H2,(H,21,24). The van der Waals surface area contributed by atoms with Crippen LogP contribution in [0.2, 0.25) is 0 Å². The number of amides is 2. The van der Waals surface area contributed by atoms with Gasteiger partial charge in [-0.3, -0.25) is 9.59 Å². The number of nitrogens with one attached hydrogen (secondary N) is 1. The highest BCUT2D eigenvalue weighted by Crippen LogP contribution is 2.25. The summed E-state index contributed by atoms with van der Waals surface area (Å²) in [5, 5.41) is 3.89. The zero-order valence-electron chi connectivity index (χ0n) is 13.6. The van der Waals surface area contributed by atoms with Crippen LogP contribution in [0.1, 0.15) is 12.2 Å². The van der Waals surface area contributed by atoms with Crippen molar-refractivity contribution in [2.24, 2.45) is 5.92 Å². The average Bonchev–Trinajstić information content (AvgIpc) is 3.23. The van der Waals surface area contributed by atoms with Crippen molar-refractivity contribution in [3.63, 3.8) is 0 Å². The lowest BCUT2D eigenvalue weighted by Gasteiger charge is -2.16. The van der Waals surface area contributed by atoms with E-state index in [1.807, 2.05) is 60.7 Å². The van der Waals surface area contributed by atoms with Gasteiger partial charge in [0.05, 0.1) is 12.5 Å². The molecule has 5 nitrogen and oxygen atoms in total. The number of rotatable bonds is 4. The van der Waals surface area contributed by atoms with Gasteiger partial charge < -0.3 is 14.6 Å². The number of fused-ring (bicyclic) bond motifs is 1. The van der Waals surface area contributed by atoms with E-state index in [1.54, 1.807) is 4.90 Å². The van der Waals surface area contributed by atoms with Crippen molar-refractivity contribution in [3.05, 3.63) is 66.4 Å². The fraction of sp³-hybridized carbons (Fsp3) is 0.200. The molecule has 0 aliphatic carbocycles. The van der Waals surface area contributed by atoms with Gasteiger partial charge >= 0.3 is 0 Å². The minimum Gasteiger partial charge on any atom is -0.459 e. The number of para-hydroxylation sites is 2. The fourth-order valence-electron chi connectivity index (χ4n) is 3.18. The molecule has 4 rings (SSSR count). The molecule has 1 saturated heterocycles. The van der Waals surface area contributed by atoms with Gasteiger partial charge in [-0.25, -0.2) is 0 Å². The average molecular weight is 334 g/mol. The lowest BCUT2D eigenvalue weighted by Crippen LogP contribution is -2.32. The summed E-state index contributed by atoms with van der Waals surface area (Å²) in [6.45, 7) is 0.734. The lowest BCUT2D eigenvalue weighted by molar-refractivity contribution is -0.126. The van der Waals surface area contributed by atoms with Gasteiger partial charge in [0.15, 0.2) is 0 Å². The largest absolute Gasteiger partial charge is 0.459 e. The summed E-state index contributed by atoms with van der Waals surface area (Å²) >= 11 is 0. The van der Waals surface area contributed by atoms with Gasteiger partial charge in [-0.2, -0.15) is 0 Å². The van der Waals surface area contributed by atoms with Gasteiger partial charge in [0.25, 0.3) is 0 Å². The van der Waals surface area contributed by atoms with Crippen LogP contribution in [0.4, 0.5) is 5.69 Å². The molecule has 2 amide bonds. The molecule has 1 unspecified atom stereocenters. The molecule has 1 fully saturated rings. The topological polar surface area (TPSA) is 62.6 Å². The Morgan fingerprint density at radius 3 is 2.68 bits per heavy atom. The highest BCUT2D eigenvalue weighted by atomic mass is 16.3. The van der Waals surface area contributed by atoms with Crippen LogP contribution in [-0.4, -0.2) is 18.4 Å². The SMILES string of the molecule is O=C(NCc1cc2ccccc2o1)C1CC(=O)N(c2ccccc2)C1. The number of hydrogen-bond donors (Lipinski definition) is 1. The van der Waals surface area contributed by atoms with Crippen LogP contribution in [0.5, 0.6) is 0 Å². The first-order chi connectivity index (χ1) is 12.2. The highest BCUT2D eigenvalue weighted by Gasteiger charge is 2.34. The Labute approximate surface area is 145 Å². The maximum atomic E-state index is 12.4. The molecule has 3 aromatic rings. The second kappa shape index (κ2) is 6.43. The third-order valence-corrected chi connectivity index (χ3v) is 4.48. The van der Waals surface area contributed by atoms with Gasteiger partial charge in [0, 0.05) is 24.0 Å². The van der Waals surface area contributed by atoms with E-state index in [4.69, 9.17) is 4.42 Å². The fourth-order valence-corrected chi connectivity index (χ4v) is 3.18. The first-order valence-electron chi connectivity index (χ1n) is 8.31. The van der Waals surface area contributed by atoms with E-state index in [9.17, 15) is 9.59 Å². The highest BCUT2D eigenvalue weighted by molar-refractivity contribution is 6.00. The van der Waals surface area contributed by atoms with Crippen LogP contribution < -0.4 is 10.2 Å². The lowest BCUT2D eigenvalue weighted by atomic mass is 10.1. The Hall–Kier alpha value is -3.08. The van der Waals surface area contributed by atoms with E-state index in [1.165, 1.54) is 0 Å². The van der Waals surface area contributed by atoms with E-state index in [0.29, 0.717) is 18.8 Å². The summed E-state index contributed by atoms with van der Waals surface area (Å²) in [4.78, 5) is 26.3. The van der Waals surface area contributed by atoms with E-state index in [-0.39, 0.29) is 24.2 Å². The predicted molar refractivity (Wildman–Crippen MR) is 95.0 cm³/mol. The third-order valence-electron chi connectivity index (χ3n) is 4.48. The first kappa shape index (κ1) is 15.4. The minimum absolute atomic E-state index is 0.0184. The zero-order valence-corrected chi connectivity index (χ0v) is 13.6. The summed E-state index contributed by atoms with van der Waals surface area (Å²) in [6.07, 6.45) is 0.237. The molecule has 126 valence electrons. The summed E-state index contributed by atoms with van der Waals surface area (Å²) in [5.41, 5.74) is 1.64. The van der Waals surface area contributed by atoms with E-state index < -0.39 is 0 Å². The Morgan fingerprint density at radius 2 is 1.88 bits per heavy atom. The van der Waals surface area contributed by atoms with Gasteiger partial charge in [-0.15, -0.1) is 0 Å². The Bertz CT molecular complexity index is 884. The molecular formula is C20H18N2O3. The Balaban J connectivity index is 1.39. The van der Waals surface area contributed by atoms with Gasteiger partial charge in [-0.05, 0) is 24.3 Å². The summed E-state index contributed by atoms with van der Waals surface area (Å²) in [6, 6.07) is 19.1. The van der Waals surface area contributed by atoms with Gasteiger partial charge in [0.2, 0.25) is 11.8 Å². The molecule has 0 bridgehead atoms. The molecule has 0 radical (unpaired) electrons. The molecule has 0 saturated carbocycles.